The Balaban J connectivity index is 2.47. The van der Waals surface area contributed by atoms with Crippen molar-refractivity contribution in [3.63, 3.8) is 0 Å². The van der Waals surface area contributed by atoms with Crippen LogP contribution in [0.1, 0.15) is 31.5 Å². The van der Waals surface area contributed by atoms with Crippen molar-refractivity contribution in [1.82, 2.24) is 10.3 Å². The number of sulfone groups is 1. The first kappa shape index (κ1) is 13.6. The Morgan fingerprint density at radius 2 is 2.31 bits per heavy atom. The van der Waals surface area contributed by atoms with Crippen LogP contribution in [0.25, 0.3) is 0 Å². The van der Waals surface area contributed by atoms with E-state index in [1.807, 2.05) is 12.3 Å². The summed E-state index contributed by atoms with van der Waals surface area (Å²) in [6.07, 6.45) is 2.76. The Hall–Kier alpha value is -0.460. The molecule has 0 aliphatic heterocycles. The minimum absolute atomic E-state index is 0.179. The maximum atomic E-state index is 11.0. The summed E-state index contributed by atoms with van der Waals surface area (Å²) in [4.78, 5) is 4.26. The molecular formula is C10H18N2O2S2. The van der Waals surface area contributed by atoms with Gasteiger partial charge in [-0.05, 0) is 19.4 Å². The van der Waals surface area contributed by atoms with Crippen molar-refractivity contribution in [3.8, 4) is 0 Å². The van der Waals surface area contributed by atoms with Crippen LogP contribution < -0.4 is 5.32 Å². The van der Waals surface area contributed by atoms with E-state index in [1.54, 1.807) is 16.8 Å². The van der Waals surface area contributed by atoms with E-state index >= 15 is 0 Å². The van der Waals surface area contributed by atoms with Crippen LogP contribution in [0, 0.1) is 0 Å². The average molecular weight is 262 g/mol. The Kier molecular flexibility index (Phi) is 5.37. The van der Waals surface area contributed by atoms with Crippen molar-refractivity contribution < 1.29 is 8.42 Å². The van der Waals surface area contributed by atoms with Crippen LogP contribution in [0.15, 0.2) is 10.9 Å². The van der Waals surface area contributed by atoms with Crippen molar-refractivity contribution in [1.29, 1.82) is 0 Å². The molecule has 1 aromatic rings. The number of thiazole rings is 1. The standard InChI is InChI=1S/C10H18N2O2S2/c1-3-11-9(10-7-15-8-12-10)5-4-6-16(2,13)14/h7-9,11H,3-6H2,1-2H3. The van der Waals surface area contributed by atoms with Crippen LogP contribution in [0.5, 0.6) is 0 Å². The van der Waals surface area contributed by atoms with Crippen molar-refractivity contribution in [2.45, 2.75) is 25.8 Å². The van der Waals surface area contributed by atoms with E-state index in [9.17, 15) is 8.42 Å². The first-order valence-corrected chi connectivity index (χ1v) is 8.32. The summed E-state index contributed by atoms with van der Waals surface area (Å²) >= 11 is 1.56. The molecule has 1 rings (SSSR count). The van der Waals surface area contributed by atoms with Crippen molar-refractivity contribution in [3.05, 3.63) is 16.6 Å². The molecule has 0 bridgehead atoms. The van der Waals surface area contributed by atoms with Gasteiger partial charge in [0.05, 0.1) is 17.2 Å². The predicted octanol–water partition coefficient (Wildman–Crippen LogP) is 1.62. The Morgan fingerprint density at radius 3 is 2.81 bits per heavy atom. The summed E-state index contributed by atoms with van der Waals surface area (Å²) in [6, 6.07) is 0.179. The minimum Gasteiger partial charge on any atom is -0.309 e. The van der Waals surface area contributed by atoms with Gasteiger partial charge in [0.25, 0.3) is 0 Å². The number of rotatable bonds is 7. The second-order valence-electron chi connectivity index (χ2n) is 3.80. The summed E-state index contributed by atoms with van der Waals surface area (Å²) in [5.41, 5.74) is 2.82. The van der Waals surface area contributed by atoms with Gasteiger partial charge in [0, 0.05) is 17.4 Å². The number of nitrogens with one attached hydrogen (secondary N) is 1. The highest BCUT2D eigenvalue weighted by Crippen LogP contribution is 2.18. The summed E-state index contributed by atoms with van der Waals surface area (Å²) < 4.78 is 22.0. The van der Waals surface area contributed by atoms with Gasteiger partial charge < -0.3 is 5.32 Å². The fraction of sp³-hybridized carbons (Fsp3) is 0.700. The topological polar surface area (TPSA) is 59.1 Å². The number of hydrogen-bond acceptors (Lipinski definition) is 5. The maximum absolute atomic E-state index is 11.0. The molecule has 1 N–H and O–H groups in total. The first-order chi connectivity index (χ1) is 7.53. The number of hydrogen-bond donors (Lipinski definition) is 1. The second-order valence-corrected chi connectivity index (χ2v) is 6.77. The monoisotopic (exact) mass is 262 g/mol. The fourth-order valence-electron chi connectivity index (χ4n) is 1.54. The first-order valence-electron chi connectivity index (χ1n) is 5.32. The molecule has 0 saturated heterocycles. The third-order valence-electron chi connectivity index (χ3n) is 2.27. The molecule has 1 atom stereocenters. The van der Waals surface area contributed by atoms with Crippen molar-refractivity contribution in [2.24, 2.45) is 0 Å². The molecule has 0 aromatic carbocycles. The molecule has 0 radical (unpaired) electrons. The fourth-order valence-corrected chi connectivity index (χ4v) is 2.84. The van der Waals surface area contributed by atoms with E-state index in [0.717, 1.165) is 18.7 Å². The molecule has 92 valence electrons. The average Bonchev–Trinajstić information content (AvgIpc) is 2.67. The number of nitrogens with zero attached hydrogens (tertiary/aromatic N) is 1. The highest BCUT2D eigenvalue weighted by Gasteiger charge is 2.13. The van der Waals surface area contributed by atoms with Crippen LogP contribution in [0.4, 0.5) is 0 Å². The quantitative estimate of drug-likeness (QED) is 0.811. The van der Waals surface area contributed by atoms with Crippen LogP contribution in [-0.4, -0.2) is 32.0 Å². The lowest BCUT2D eigenvalue weighted by molar-refractivity contribution is 0.498. The zero-order valence-electron chi connectivity index (χ0n) is 9.64. The largest absolute Gasteiger partial charge is 0.309 e. The van der Waals surface area contributed by atoms with Crippen molar-refractivity contribution >= 4 is 21.2 Å². The van der Waals surface area contributed by atoms with Crippen LogP contribution in [0.3, 0.4) is 0 Å². The molecule has 0 amide bonds. The lowest BCUT2D eigenvalue weighted by Crippen LogP contribution is -2.22. The molecular weight excluding hydrogens is 244 g/mol. The van der Waals surface area contributed by atoms with E-state index in [1.165, 1.54) is 6.26 Å². The Morgan fingerprint density at radius 1 is 1.56 bits per heavy atom. The molecule has 0 saturated carbocycles. The minimum atomic E-state index is -2.85. The summed E-state index contributed by atoms with van der Waals surface area (Å²) in [6.45, 7) is 2.90. The normalized spacial score (nSPS) is 13.9. The summed E-state index contributed by atoms with van der Waals surface area (Å²) in [5.74, 6) is 0.249. The second kappa shape index (κ2) is 6.32. The maximum Gasteiger partial charge on any atom is 0.147 e. The Labute approximate surface area is 101 Å². The molecule has 0 aliphatic carbocycles. The molecule has 0 spiro atoms. The smallest absolute Gasteiger partial charge is 0.147 e. The lowest BCUT2D eigenvalue weighted by Gasteiger charge is -2.15. The van der Waals surface area contributed by atoms with Gasteiger partial charge in [0.15, 0.2) is 0 Å². The van der Waals surface area contributed by atoms with Gasteiger partial charge in [-0.1, -0.05) is 6.92 Å². The lowest BCUT2D eigenvalue weighted by atomic mass is 10.1. The summed E-state index contributed by atoms with van der Waals surface area (Å²) in [7, 11) is -2.85. The molecule has 0 fully saturated rings. The highest BCUT2D eigenvalue weighted by atomic mass is 32.2. The highest BCUT2D eigenvalue weighted by molar-refractivity contribution is 7.90. The van der Waals surface area contributed by atoms with Crippen LogP contribution in [-0.2, 0) is 9.84 Å². The van der Waals surface area contributed by atoms with Crippen molar-refractivity contribution in [2.75, 3.05) is 18.6 Å². The van der Waals surface area contributed by atoms with Gasteiger partial charge in [-0.15, -0.1) is 11.3 Å². The van der Waals surface area contributed by atoms with Crippen LogP contribution in [0.2, 0.25) is 0 Å². The zero-order chi connectivity index (χ0) is 12.0. The van der Waals surface area contributed by atoms with Gasteiger partial charge in [-0.2, -0.15) is 0 Å². The molecule has 6 heteroatoms. The number of aromatic nitrogens is 1. The van der Waals surface area contributed by atoms with E-state index in [4.69, 9.17) is 0 Å². The molecule has 1 heterocycles. The molecule has 1 aromatic heterocycles. The van der Waals surface area contributed by atoms with Gasteiger partial charge in [-0.25, -0.2) is 13.4 Å². The van der Waals surface area contributed by atoms with Gasteiger partial charge in [0.2, 0.25) is 0 Å². The summed E-state index contributed by atoms with van der Waals surface area (Å²) in [5, 5.41) is 5.33. The van der Waals surface area contributed by atoms with E-state index in [2.05, 4.69) is 10.3 Å². The van der Waals surface area contributed by atoms with E-state index < -0.39 is 9.84 Å². The Bertz CT molecular complexity index is 387. The third-order valence-corrected chi connectivity index (χ3v) is 3.90. The van der Waals surface area contributed by atoms with Crippen LogP contribution >= 0.6 is 11.3 Å². The SMILES string of the molecule is CCNC(CCCS(C)(=O)=O)c1cscn1. The van der Waals surface area contributed by atoms with Gasteiger partial charge >= 0.3 is 0 Å². The zero-order valence-corrected chi connectivity index (χ0v) is 11.3. The van der Waals surface area contributed by atoms with Gasteiger partial charge in [0.1, 0.15) is 9.84 Å². The predicted molar refractivity (Wildman–Crippen MR) is 67.5 cm³/mol. The van der Waals surface area contributed by atoms with E-state index in [0.29, 0.717) is 6.42 Å². The molecule has 1 unspecified atom stereocenters. The van der Waals surface area contributed by atoms with Gasteiger partial charge in [-0.3, -0.25) is 0 Å². The third kappa shape index (κ3) is 5.05. The molecule has 16 heavy (non-hydrogen) atoms. The molecule has 4 nitrogen and oxygen atoms in total. The van der Waals surface area contributed by atoms with E-state index in [-0.39, 0.29) is 11.8 Å². The molecule has 0 aliphatic rings.